The summed E-state index contributed by atoms with van der Waals surface area (Å²) in [6.07, 6.45) is 2.15. The number of hydrogen-bond donors (Lipinski definition) is 0. The molecule has 40 heavy (non-hydrogen) atoms. The van der Waals surface area contributed by atoms with Crippen molar-refractivity contribution < 1.29 is 22.3 Å². The number of aryl methyl sites for hydroxylation is 1. The number of rotatable bonds is 8. The molecule has 2 aliphatic heterocycles. The molecule has 0 aliphatic carbocycles. The Morgan fingerprint density at radius 1 is 0.975 bits per heavy atom. The highest BCUT2D eigenvalue weighted by atomic mass is 32.2. The Labute approximate surface area is 234 Å². The molecule has 0 unspecified atom stereocenters. The van der Waals surface area contributed by atoms with Gasteiger partial charge in [-0.1, -0.05) is 17.7 Å². The van der Waals surface area contributed by atoms with Gasteiger partial charge in [0.15, 0.2) is 5.82 Å². The SMILES string of the molecule is Cc1ccc(S(=O)(=O)N(CC(=O)N2CCCN(c3ccc(-c4ccc(F)cc4)nn3)CC2)C[C@H]2CCCO2)cc1. The largest absolute Gasteiger partial charge is 0.377 e. The number of aromatic nitrogens is 2. The number of carbonyl (C=O) groups is 1. The molecule has 0 bridgehead atoms. The molecule has 0 spiro atoms. The van der Waals surface area contributed by atoms with Crippen molar-refractivity contribution in [1.29, 1.82) is 0 Å². The first-order valence-electron chi connectivity index (χ1n) is 13.6. The molecule has 2 saturated heterocycles. The Morgan fingerprint density at radius 2 is 1.75 bits per heavy atom. The molecule has 1 atom stereocenters. The average molecular weight is 568 g/mol. The number of anilines is 1. The van der Waals surface area contributed by atoms with Gasteiger partial charge in [0.05, 0.1) is 23.2 Å². The van der Waals surface area contributed by atoms with Gasteiger partial charge in [0, 0.05) is 44.9 Å². The smallest absolute Gasteiger partial charge is 0.243 e. The zero-order valence-electron chi connectivity index (χ0n) is 22.6. The first kappa shape index (κ1) is 28.1. The van der Waals surface area contributed by atoms with Crippen LogP contribution in [0.1, 0.15) is 24.8 Å². The summed E-state index contributed by atoms with van der Waals surface area (Å²) in [5.41, 5.74) is 2.39. The zero-order chi connectivity index (χ0) is 28.1. The van der Waals surface area contributed by atoms with E-state index in [0.29, 0.717) is 50.7 Å². The normalized spacial score (nSPS) is 18.2. The van der Waals surface area contributed by atoms with Crippen LogP contribution in [0, 0.1) is 12.7 Å². The van der Waals surface area contributed by atoms with Crippen molar-refractivity contribution in [3.8, 4) is 11.3 Å². The topological polar surface area (TPSA) is 95.9 Å². The van der Waals surface area contributed by atoms with Gasteiger partial charge in [-0.15, -0.1) is 10.2 Å². The monoisotopic (exact) mass is 567 g/mol. The summed E-state index contributed by atoms with van der Waals surface area (Å²) in [6.45, 7) is 4.63. The molecular formula is C29H34FN5O4S. The van der Waals surface area contributed by atoms with Gasteiger partial charge in [0.1, 0.15) is 5.82 Å². The Morgan fingerprint density at radius 3 is 2.42 bits per heavy atom. The van der Waals surface area contributed by atoms with Gasteiger partial charge >= 0.3 is 0 Å². The van der Waals surface area contributed by atoms with Crippen LogP contribution in [0.2, 0.25) is 0 Å². The van der Waals surface area contributed by atoms with Crippen molar-refractivity contribution in [3.05, 3.63) is 72.0 Å². The minimum absolute atomic E-state index is 0.151. The van der Waals surface area contributed by atoms with Gasteiger partial charge in [0.25, 0.3) is 0 Å². The molecule has 212 valence electrons. The lowest BCUT2D eigenvalue weighted by molar-refractivity contribution is -0.131. The van der Waals surface area contributed by atoms with Crippen LogP contribution in [0.15, 0.2) is 65.6 Å². The number of benzene rings is 2. The highest BCUT2D eigenvalue weighted by Gasteiger charge is 2.32. The van der Waals surface area contributed by atoms with Crippen molar-refractivity contribution >= 4 is 21.7 Å². The van der Waals surface area contributed by atoms with Gasteiger partial charge < -0.3 is 14.5 Å². The molecule has 11 heteroatoms. The highest BCUT2D eigenvalue weighted by molar-refractivity contribution is 7.89. The molecule has 1 aromatic heterocycles. The Bertz CT molecular complexity index is 1400. The fourth-order valence-electron chi connectivity index (χ4n) is 5.04. The summed E-state index contributed by atoms with van der Waals surface area (Å²) in [5, 5.41) is 8.68. The number of ether oxygens (including phenoxy) is 1. The second kappa shape index (κ2) is 12.4. The van der Waals surface area contributed by atoms with Crippen LogP contribution in [0.3, 0.4) is 0 Å². The van der Waals surface area contributed by atoms with Crippen LogP contribution >= 0.6 is 0 Å². The molecule has 2 fully saturated rings. The molecule has 0 saturated carbocycles. The van der Waals surface area contributed by atoms with E-state index in [9.17, 15) is 17.6 Å². The number of carbonyl (C=O) groups excluding carboxylic acids is 1. The Balaban J connectivity index is 1.25. The maximum Gasteiger partial charge on any atom is 0.243 e. The molecule has 9 nitrogen and oxygen atoms in total. The minimum atomic E-state index is -3.87. The van der Waals surface area contributed by atoms with Crippen molar-refractivity contribution in [3.63, 3.8) is 0 Å². The fraction of sp³-hybridized carbons (Fsp3) is 0.414. The molecule has 3 heterocycles. The lowest BCUT2D eigenvalue weighted by Crippen LogP contribution is -2.46. The Hall–Kier alpha value is -3.41. The number of halogens is 1. The molecule has 5 rings (SSSR count). The molecule has 0 N–H and O–H groups in total. The number of nitrogens with zero attached hydrogens (tertiary/aromatic N) is 5. The molecule has 2 aliphatic rings. The summed E-state index contributed by atoms with van der Waals surface area (Å²) in [7, 11) is -3.87. The fourth-order valence-corrected chi connectivity index (χ4v) is 6.46. The summed E-state index contributed by atoms with van der Waals surface area (Å²) in [5.74, 6) is 0.162. The summed E-state index contributed by atoms with van der Waals surface area (Å²) >= 11 is 0. The maximum absolute atomic E-state index is 13.6. The van der Waals surface area contributed by atoms with E-state index in [-0.39, 0.29) is 35.8 Å². The number of hydrogen-bond acceptors (Lipinski definition) is 7. The molecule has 0 radical (unpaired) electrons. The summed E-state index contributed by atoms with van der Waals surface area (Å²) in [4.78, 5) is 17.4. The molecular weight excluding hydrogens is 533 g/mol. The van der Waals surface area contributed by atoms with Crippen LogP contribution in [0.25, 0.3) is 11.3 Å². The first-order chi connectivity index (χ1) is 19.3. The van der Waals surface area contributed by atoms with E-state index in [1.165, 1.54) is 16.4 Å². The van der Waals surface area contributed by atoms with E-state index < -0.39 is 10.0 Å². The van der Waals surface area contributed by atoms with E-state index in [4.69, 9.17) is 4.74 Å². The van der Waals surface area contributed by atoms with Crippen LogP contribution < -0.4 is 4.90 Å². The standard InChI is InChI=1S/C29H34FN5O4S/c1-22-5-11-26(12-6-22)40(37,38)35(20-25-4-2-19-39-25)21-29(36)34-16-3-15-33(17-18-34)28-14-13-27(31-32-28)23-7-9-24(30)10-8-23/h5-14,25H,2-4,15-21H2,1H3/t25-/m1/s1. The third kappa shape index (κ3) is 6.65. The third-order valence-corrected chi connectivity index (χ3v) is 9.19. The van der Waals surface area contributed by atoms with E-state index in [2.05, 4.69) is 15.1 Å². The quantitative estimate of drug-likeness (QED) is 0.411. The predicted molar refractivity (Wildman–Crippen MR) is 150 cm³/mol. The van der Waals surface area contributed by atoms with Crippen LogP contribution in [0.5, 0.6) is 0 Å². The lowest BCUT2D eigenvalue weighted by Gasteiger charge is -2.28. The zero-order valence-corrected chi connectivity index (χ0v) is 23.4. The second-order valence-corrected chi connectivity index (χ2v) is 12.2. The van der Waals surface area contributed by atoms with E-state index in [1.807, 2.05) is 19.1 Å². The highest BCUT2D eigenvalue weighted by Crippen LogP contribution is 2.22. The maximum atomic E-state index is 13.6. The number of amides is 1. The van der Waals surface area contributed by atoms with Crippen LogP contribution in [-0.4, -0.2) is 85.7 Å². The average Bonchev–Trinajstić information content (AvgIpc) is 3.35. The van der Waals surface area contributed by atoms with Gasteiger partial charge in [-0.05, 0) is 74.7 Å². The van der Waals surface area contributed by atoms with Crippen LogP contribution in [-0.2, 0) is 19.6 Å². The Kier molecular flexibility index (Phi) is 8.72. The first-order valence-corrected chi connectivity index (χ1v) is 15.0. The predicted octanol–water partition coefficient (Wildman–Crippen LogP) is 3.50. The summed E-state index contributed by atoms with van der Waals surface area (Å²) in [6, 6.07) is 16.5. The second-order valence-electron chi connectivity index (χ2n) is 10.3. The van der Waals surface area contributed by atoms with Gasteiger partial charge in [-0.25, -0.2) is 12.8 Å². The molecule has 2 aromatic carbocycles. The van der Waals surface area contributed by atoms with Crippen molar-refractivity contribution in [2.75, 3.05) is 50.8 Å². The number of sulfonamides is 1. The van der Waals surface area contributed by atoms with E-state index in [0.717, 1.165) is 24.0 Å². The molecule has 3 aromatic rings. The van der Waals surface area contributed by atoms with Gasteiger partial charge in [-0.2, -0.15) is 4.31 Å². The van der Waals surface area contributed by atoms with Gasteiger partial charge in [0.2, 0.25) is 15.9 Å². The minimum Gasteiger partial charge on any atom is -0.377 e. The molecule has 1 amide bonds. The summed E-state index contributed by atoms with van der Waals surface area (Å²) < 4.78 is 47.3. The van der Waals surface area contributed by atoms with Crippen molar-refractivity contribution in [2.24, 2.45) is 0 Å². The van der Waals surface area contributed by atoms with Gasteiger partial charge in [-0.3, -0.25) is 4.79 Å². The lowest BCUT2D eigenvalue weighted by atomic mass is 10.1. The third-order valence-electron chi connectivity index (χ3n) is 7.36. The van der Waals surface area contributed by atoms with Crippen molar-refractivity contribution in [2.45, 2.75) is 37.2 Å². The van der Waals surface area contributed by atoms with E-state index in [1.54, 1.807) is 41.3 Å². The van der Waals surface area contributed by atoms with Crippen molar-refractivity contribution in [1.82, 2.24) is 19.4 Å². The van der Waals surface area contributed by atoms with Crippen LogP contribution in [0.4, 0.5) is 10.2 Å². The van der Waals surface area contributed by atoms with E-state index >= 15 is 0 Å².